The molecule has 112 valence electrons. The summed E-state index contributed by atoms with van der Waals surface area (Å²) in [5.41, 5.74) is 6.15. The first kappa shape index (κ1) is 16.6. The van der Waals surface area contributed by atoms with Crippen LogP contribution in [-0.2, 0) is 11.3 Å². The highest BCUT2D eigenvalue weighted by molar-refractivity contribution is 5.82. The van der Waals surface area contributed by atoms with E-state index in [4.69, 9.17) is 5.73 Å². The molecule has 0 aliphatic heterocycles. The molecule has 0 fully saturated rings. The summed E-state index contributed by atoms with van der Waals surface area (Å²) >= 11 is 0. The Bertz CT molecular complexity index is 483. The van der Waals surface area contributed by atoms with Gasteiger partial charge in [0.2, 0.25) is 5.91 Å². The minimum atomic E-state index is -0.911. The van der Waals surface area contributed by atoms with Crippen molar-refractivity contribution in [2.75, 3.05) is 6.54 Å². The molecule has 0 unspecified atom stereocenters. The summed E-state index contributed by atoms with van der Waals surface area (Å²) < 4.78 is 26.1. The second kappa shape index (κ2) is 6.31. The Morgan fingerprint density at radius 3 is 2.35 bits per heavy atom. The van der Waals surface area contributed by atoms with Crippen LogP contribution >= 0.6 is 0 Å². The van der Waals surface area contributed by atoms with Crippen LogP contribution in [0.25, 0.3) is 0 Å². The van der Waals surface area contributed by atoms with Gasteiger partial charge in [0.25, 0.3) is 0 Å². The van der Waals surface area contributed by atoms with Gasteiger partial charge in [-0.25, -0.2) is 8.78 Å². The largest absolute Gasteiger partial charge is 0.337 e. The fraction of sp³-hybridized carbons (Fsp3) is 0.533. The third-order valence-electron chi connectivity index (χ3n) is 3.25. The minimum Gasteiger partial charge on any atom is -0.337 e. The van der Waals surface area contributed by atoms with Crippen molar-refractivity contribution in [3.8, 4) is 0 Å². The zero-order chi connectivity index (χ0) is 15.5. The van der Waals surface area contributed by atoms with Gasteiger partial charge in [0, 0.05) is 13.1 Å². The van der Waals surface area contributed by atoms with E-state index in [1.807, 2.05) is 27.7 Å². The molecule has 2 N–H and O–H groups in total. The van der Waals surface area contributed by atoms with Crippen LogP contribution in [0, 0.1) is 17.0 Å². The van der Waals surface area contributed by atoms with Crippen LogP contribution in [0.4, 0.5) is 8.78 Å². The summed E-state index contributed by atoms with van der Waals surface area (Å²) in [6, 6.07) is 3.00. The quantitative estimate of drug-likeness (QED) is 0.924. The van der Waals surface area contributed by atoms with Gasteiger partial charge in [0.15, 0.2) is 11.6 Å². The number of rotatable bonds is 4. The lowest BCUT2D eigenvalue weighted by Crippen LogP contribution is -2.50. The normalized spacial score (nSPS) is 13.2. The Labute approximate surface area is 118 Å². The summed E-state index contributed by atoms with van der Waals surface area (Å²) in [6.45, 7) is 8.17. The van der Waals surface area contributed by atoms with Crippen molar-refractivity contribution in [1.29, 1.82) is 0 Å². The zero-order valence-corrected chi connectivity index (χ0v) is 12.4. The molecule has 0 bridgehead atoms. The Balaban J connectivity index is 2.86. The van der Waals surface area contributed by atoms with Crippen LogP contribution in [0.15, 0.2) is 18.2 Å². The molecule has 20 heavy (non-hydrogen) atoms. The van der Waals surface area contributed by atoms with E-state index in [9.17, 15) is 13.6 Å². The topological polar surface area (TPSA) is 46.3 Å². The van der Waals surface area contributed by atoms with E-state index in [0.717, 1.165) is 12.1 Å². The van der Waals surface area contributed by atoms with Crippen molar-refractivity contribution >= 4 is 5.91 Å². The molecule has 0 saturated carbocycles. The first-order chi connectivity index (χ1) is 9.16. The van der Waals surface area contributed by atoms with Crippen molar-refractivity contribution < 1.29 is 13.6 Å². The van der Waals surface area contributed by atoms with Crippen LogP contribution in [-0.4, -0.2) is 23.4 Å². The minimum absolute atomic E-state index is 0.190. The fourth-order valence-electron chi connectivity index (χ4n) is 1.77. The molecule has 0 radical (unpaired) electrons. The number of carbonyl (C=O) groups is 1. The van der Waals surface area contributed by atoms with Gasteiger partial charge < -0.3 is 10.6 Å². The molecule has 0 aliphatic rings. The van der Waals surface area contributed by atoms with Crippen molar-refractivity contribution in [2.24, 2.45) is 11.1 Å². The molecule has 1 aromatic rings. The fourth-order valence-corrected chi connectivity index (χ4v) is 1.77. The number of hydrogen-bond donors (Lipinski definition) is 1. The lowest BCUT2D eigenvalue weighted by molar-refractivity contribution is -0.135. The smallest absolute Gasteiger partial charge is 0.240 e. The van der Waals surface area contributed by atoms with Gasteiger partial charge in [-0.05, 0) is 30.0 Å². The van der Waals surface area contributed by atoms with Gasteiger partial charge in [0.05, 0.1) is 6.04 Å². The van der Waals surface area contributed by atoms with E-state index < -0.39 is 17.7 Å². The number of nitrogens with two attached hydrogens (primary N) is 1. The lowest BCUT2D eigenvalue weighted by atomic mass is 9.86. The molecule has 0 aliphatic carbocycles. The molecule has 3 nitrogen and oxygen atoms in total. The lowest BCUT2D eigenvalue weighted by Gasteiger charge is -2.31. The summed E-state index contributed by atoms with van der Waals surface area (Å²) in [5.74, 6) is -2.00. The number of hydrogen-bond acceptors (Lipinski definition) is 2. The van der Waals surface area contributed by atoms with Gasteiger partial charge in [-0.1, -0.05) is 26.8 Å². The Morgan fingerprint density at radius 1 is 1.30 bits per heavy atom. The molecule has 0 aromatic heterocycles. The first-order valence-corrected chi connectivity index (χ1v) is 6.65. The van der Waals surface area contributed by atoms with Crippen LogP contribution in [0.3, 0.4) is 0 Å². The van der Waals surface area contributed by atoms with Crippen LogP contribution in [0.5, 0.6) is 0 Å². The predicted octanol–water partition coefficient (Wildman–Crippen LogP) is 2.69. The summed E-state index contributed by atoms with van der Waals surface area (Å²) in [4.78, 5) is 13.9. The van der Waals surface area contributed by atoms with Gasteiger partial charge in [-0.3, -0.25) is 4.79 Å². The maximum Gasteiger partial charge on any atom is 0.240 e. The van der Waals surface area contributed by atoms with Crippen LogP contribution in [0.2, 0.25) is 0 Å². The third-order valence-corrected chi connectivity index (χ3v) is 3.25. The average Bonchev–Trinajstić information content (AvgIpc) is 2.37. The van der Waals surface area contributed by atoms with Gasteiger partial charge in [-0.2, -0.15) is 0 Å². The molecule has 1 aromatic carbocycles. The van der Waals surface area contributed by atoms with Gasteiger partial charge in [-0.15, -0.1) is 0 Å². The van der Waals surface area contributed by atoms with Crippen molar-refractivity contribution in [2.45, 2.75) is 40.3 Å². The van der Waals surface area contributed by atoms with Gasteiger partial charge >= 0.3 is 0 Å². The number of carbonyl (C=O) groups excluding carboxylic acids is 1. The van der Waals surface area contributed by atoms with Crippen LogP contribution in [0.1, 0.15) is 33.3 Å². The molecule has 1 atom stereocenters. The average molecular weight is 284 g/mol. The highest BCUT2D eigenvalue weighted by Gasteiger charge is 2.30. The molecule has 5 heteroatoms. The standard InChI is InChI=1S/C15H22F2N2O/c1-5-19(14(20)13(18)15(2,3)4)9-10-6-7-11(16)12(17)8-10/h6-8,13H,5,9,18H2,1-4H3/t13-/m1/s1. The molecular formula is C15H22F2N2O. The molecule has 0 saturated heterocycles. The number of benzene rings is 1. The van der Waals surface area contributed by atoms with Crippen LogP contribution < -0.4 is 5.73 Å². The first-order valence-electron chi connectivity index (χ1n) is 6.65. The van der Waals surface area contributed by atoms with Crippen molar-refractivity contribution in [3.63, 3.8) is 0 Å². The number of nitrogens with zero attached hydrogens (tertiary/aromatic N) is 1. The summed E-state index contributed by atoms with van der Waals surface area (Å²) in [5, 5.41) is 0. The van der Waals surface area contributed by atoms with Crippen molar-refractivity contribution in [3.05, 3.63) is 35.4 Å². The zero-order valence-electron chi connectivity index (χ0n) is 12.4. The second-order valence-electron chi connectivity index (χ2n) is 5.94. The highest BCUT2D eigenvalue weighted by atomic mass is 19.2. The molecule has 0 heterocycles. The maximum atomic E-state index is 13.2. The number of halogens is 2. The van der Waals surface area contributed by atoms with E-state index in [1.54, 1.807) is 4.90 Å². The van der Waals surface area contributed by atoms with E-state index >= 15 is 0 Å². The molecule has 1 rings (SSSR count). The number of amides is 1. The monoisotopic (exact) mass is 284 g/mol. The second-order valence-corrected chi connectivity index (χ2v) is 5.94. The Morgan fingerprint density at radius 2 is 1.90 bits per heavy atom. The van der Waals surface area contributed by atoms with E-state index in [-0.39, 0.29) is 17.9 Å². The SMILES string of the molecule is CCN(Cc1ccc(F)c(F)c1)C(=O)[C@@H](N)C(C)(C)C. The molecule has 0 spiro atoms. The Hall–Kier alpha value is -1.49. The predicted molar refractivity (Wildman–Crippen MR) is 74.9 cm³/mol. The van der Waals surface area contributed by atoms with Crippen molar-refractivity contribution in [1.82, 2.24) is 4.90 Å². The summed E-state index contributed by atoms with van der Waals surface area (Å²) in [7, 11) is 0. The molecular weight excluding hydrogens is 262 g/mol. The summed E-state index contributed by atoms with van der Waals surface area (Å²) in [6.07, 6.45) is 0. The number of likely N-dealkylation sites (N-methyl/N-ethyl adjacent to an activating group) is 1. The van der Waals surface area contributed by atoms with E-state index in [1.165, 1.54) is 6.07 Å². The highest BCUT2D eigenvalue weighted by Crippen LogP contribution is 2.20. The van der Waals surface area contributed by atoms with E-state index in [2.05, 4.69) is 0 Å². The maximum absolute atomic E-state index is 13.2. The third kappa shape index (κ3) is 4.00. The van der Waals surface area contributed by atoms with Gasteiger partial charge in [0.1, 0.15) is 0 Å². The molecule has 1 amide bonds. The van der Waals surface area contributed by atoms with E-state index in [0.29, 0.717) is 12.1 Å². The Kier molecular flexibility index (Phi) is 5.22.